The molecule has 0 amide bonds. The van der Waals surface area contributed by atoms with Gasteiger partial charge in [-0.05, 0) is 17.0 Å². The molecule has 3 rings (SSSR count). The number of aliphatic imine (C=N–C) groups is 1. The van der Waals surface area contributed by atoms with E-state index in [4.69, 9.17) is 0 Å². The quantitative estimate of drug-likeness (QED) is 0.270. The second-order valence-corrected chi connectivity index (χ2v) is 7.70. The van der Waals surface area contributed by atoms with Gasteiger partial charge in [-0.15, -0.1) is 35.3 Å². The molecule has 0 spiro atoms. The first-order valence-electron chi connectivity index (χ1n) is 8.66. The number of aromatic nitrogens is 2. The number of halogens is 1. The first-order valence-corrected chi connectivity index (χ1v) is 9.54. The lowest BCUT2D eigenvalue weighted by Crippen LogP contribution is -2.43. The molecular weight excluding hydrogens is 469 g/mol. The Balaban J connectivity index is 0.00000261. The monoisotopic (exact) mass is 495 g/mol. The molecule has 0 unspecified atom stereocenters. The minimum atomic E-state index is 0. The average Bonchev–Trinajstić information content (AvgIpc) is 3.35. The highest BCUT2D eigenvalue weighted by Gasteiger charge is 2.21. The van der Waals surface area contributed by atoms with Gasteiger partial charge in [0.2, 0.25) is 0 Å². The number of hydrogen-bond acceptors (Lipinski definition) is 3. The normalized spacial score (nSPS) is 11.7. The van der Waals surface area contributed by atoms with Crippen LogP contribution in [0.1, 0.15) is 24.5 Å². The fraction of sp³-hybridized carbons (Fsp3) is 0.300. The van der Waals surface area contributed by atoms with Crippen LogP contribution in [-0.4, -0.2) is 29.5 Å². The molecule has 0 aliphatic carbocycles. The van der Waals surface area contributed by atoms with E-state index in [1.807, 2.05) is 24.4 Å². The van der Waals surface area contributed by atoms with Gasteiger partial charge < -0.3 is 15.6 Å². The largest absolute Gasteiger partial charge is 0.356 e. The Morgan fingerprint density at radius 1 is 1.15 bits per heavy atom. The highest BCUT2D eigenvalue weighted by atomic mass is 127. The molecular formula is C20H26IN5S. The van der Waals surface area contributed by atoms with Crippen molar-refractivity contribution >= 4 is 41.3 Å². The van der Waals surface area contributed by atoms with Crippen LogP contribution in [0.4, 0.5) is 0 Å². The first kappa shape index (κ1) is 21.4. The summed E-state index contributed by atoms with van der Waals surface area (Å²) < 4.78 is 0. The van der Waals surface area contributed by atoms with Crippen LogP contribution < -0.4 is 10.6 Å². The summed E-state index contributed by atoms with van der Waals surface area (Å²) in [5, 5.41) is 8.84. The smallest absolute Gasteiger partial charge is 0.191 e. The standard InChI is InChI=1S/C20H25N5S.HI/c1-20(2,17-10-7-11-26-17)14-24-19(21-3)23-13-18-22-12-16(25-18)15-8-5-4-6-9-15;/h4-12H,13-14H2,1-3H3,(H,22,25)(H2,21,23,24);1H. The highest BCUT2D eigenvalue weighted by molar-refractivity contribution is 14.0. The number of H-pyrrole nitrogens is 1. The highest BCUT2D eigenvalue weighted by Crippen LogP contribution is 2.26. The Morgan fingerprint density at radius 3 is 2.59 bits per heavy atom. The fourth-order valence-corrected chi connectivity index (χ4v) is 3.51. The summed E-state index contributed by atoms with van der Waals surface area (Å²) in [6.45, 7) is 5.86. The third kappa shape index (κ3) is 5.80. The Kier molecular flexibility index (Phi) is 7.85. The van der Waals surface area contributed by atoms with E-state index in [0.29, 0.717) is 6.54 Å². The predicted octanol–water partition coefficient (Wildman–Crippen LogP) is 4.40. The van der Waals surface area contributed by atoms with Gasteiger partial charge in [-0.3, -0.25) is 4.99 Å². The maximum atomic E-state index is 4.45. The van der Waals surface area contributed by atoms with Gasteiger partial charge in [-0.1, -0.05) is 50.2 Å². The zero-order valence-corrected chi connectivity index (χ0v) is 19.0. The second kappa shape index (κ2) is 9.89. The number of nitrogens with zero attached hydrogens (tertiary/aromatic N) is 2. The molecule has 2 aromatic heterocycles. The van der Waals surface area contributed by atoms with Gasteiger partial charge in [-0.2, -0.15) is 0 Å². The molecule has 0 aliphatic heterocycles. The number of guanidine groups is 1. The van der Waals surface area contributed by atoms with Crippen molar-refractivity contribution < 1.29 is 0 Å². The van der Waals surface area contributed by atoms with Crippen LogP contribution in [0.15, 0.2) is 59.0 Å². The van der Waals surface area contributed by atoms with Gasteiger partial charge in [-0.25, -0.2) is 4.98 Å². The van der Waals surface area contributed by atoms with Crippen LogP contribution in [0, 0.1) is 0 Å². The Labute approximate surface area is 181 Å². The van der Waals surface area contributed by atoms with E-state index < -0.39 is 0 Å². The van der Waals surface area contributed by atoms with E-state index in [0.717, 1.165) is 29.6 Å². The van der Waals surface area contributed by atoms with E-state index in [-0.39, 0.29) is 29.4 Å². The lowest BCUT2D eigenvalue weighted by Gasteiger charge is -2.24. The second-order valence-electron chi connectivity index (χ2n) is 6.75. The maximum Gasteiger partial charge on any atom is 0.191 e. The third-order valence-electron chi connectivity index (χ3n) is 4.25. The Hall–Kier alpha value is -1.87. The van der Waals surface area contributed by atoms with Crippen molar-refractivity contribution in [3.63, 3.8) is 0 Å². The molecule has 0 saturated carbocycles. The number of thiophene rings is 1. The molecule has 144 valence electrons. The number of imidazole rings is 1. The van der Waals surface area contributed by atoms with E-state index in [1.165, 1.54) is 4.88 Å². The van der Waals surface area contributed by atoms with Crippen molar-refractivity contribution in [3.8, 4) is 11.3 Å². The number of hydrogen-bond donors (Lipinski definition) is 3. The molecule has 7 heteroatoms. The zero-order chi connectivity index (χ0) is 18.4. The predicted molar refractivity (Wildman–Crippen MR) is 125 cm³/mol. The fourth-order valence-electron chi connectivity index (χ4n) is 2.66. The minimum Gasteiger partial charge on any atom is -0.356 e. The molecule has 1 aromatic carbocycles. The molecule has 0 saturated heterocycles. The minimum absolute atomic E-state index is 0. The average molecular weight is 495 g/mol. The summed E-state index contributed by atoms with van der Waals surface area (Å²) >= 11 is 1.78. The van der Waals surface area contributed by atoms with Gasteiger partial charge in [0.15, 0.2) is 5.96 Å². The summed E-state index contributed by atoms with van der Waals surface area (Å²) in [6, 6.07) is 14.5. The SMILES string of the molecule is CN=C(NCc1ncc(-c2ccccc2)[nH]1)NCC(C)(C)c1cccs1.I. The molecule has 2 heterocycles. The van der Waals surface area contributed by atoms with Crippen molar-refractivity contribution in [2.45, 2.75) is 25.8 Å². The van der Waals surface area contributed by atoms with Gasteiger partial charge in [0.25, 0.3) is 0 Å². The van der Waals surface area contributed by atoms with E-state index in [2.05, 4.69) is 69.1 Å². The lowest BCUT2D eigenvalue weighted by molar-refractivity contribution is 0.518. The number of rotatable bonds is 6. The van der Waals surface area contributed by atoms with E-state index in [9.17, 15) is 0 Å². The van der Waals surface area contributed by atoms with Crippen LogP contribution in [0.25, 0.3) is 11.3 Å². The van der Waals surface area contributed by atoms with Crippen LogP contribution >= 0.6 is 35.3 Å². The molecule has 0 fully saturated rings. The number of aromatic amines is 1. The molecule has 0 aliphatic rings. The van der Waals surface area contributed by atoms with E-state index >= 15 is 0 Å². The molecule has 0 bridgehead atoms. The lowest BCUT2D eigenvalue weighted by atomic mass is 9.91. The van der Waals surface area contributed by atoms with Crippen molar-refractivity contribution in [2.75, 3.05) is 13.6 Å². The summed E-state index contributed by atoms with van der Waals surface area (Å²) in [6.07, 6.45) is 1.86. The Morgan fingerprint density at radius 2 is 1.93 bits per heavy atom. The van der Waals surface area contributed by atoms with Crippen molar-refractivity contribution in [1.82, 2.24) is 20.6 Å². The molecule has 27 heavy (non-hydrogen) atoms. The van der Waals surface area contributed by atoms with Gasteiger partial charge in [0, 0.05) is 23.9 Å². The number of benzene rings is 1. The molecule has 3 N–H and O–H groups in total. The maximum absolute atomic E-state index is 4.45. The van der Waals surface area contributed by atoms with Crippen LogP contribution in [0.5, 0.6) is 0 Å². The third-order valence-corrected chi connectivity index (χ3v) is 5.48. The first-order chi connectivity index (χ1) is 12.6. The molecule has 0 atom stereocenters. The van der Waals surface area contributed by atoms with E-state index in [1.54, 1.807) is 18.4 Å². The van der Waals surface area contributed by atoms with Gasteiger partial charge in [0.05, 0.1) is 18.4 Å². The molecule has 3 aromatic rings. The van der Waals surface area contributed by atoms with Crippen molar-refractivity contribution in [3.05, 3.63) is 64.7 Å². The van der Waals surface area contributed by atoms with Gasteiger partial charge in [0.1, 0.15) is 5.82 Å². The van der Waals surface area contributed by atoms with Crippen LogP contribution in [0.2, 0.25) is 0 Å². The topological polar surface area (TPSA) is 65.1 Å². The van der Waals surface area contributed by atoms with Crippen LogP contribution in [0.3, 0.4) is 0 Å². The molecule has 5 nitrogen and oxygen atoms in total. The molecule has 0 radical (unpaired) electrons. The summed E-state index contributed by atoms with van der Waals surface area (Å²) in [4.78, 5) is 13.5. The Bertz CT molecular complexity index is 840. The van der Waals surface area contributed by atoms with Crippen molar-refractivity contribution in [2.24, 2.45) is 4.99 Å². The van der Waals surface area contributed by atoms with Crippen molar-refractivity contribution in [1.29, 1.82) is 0 Å². The summed E-state index contributed by atoms with van der Waals surface area (Å²) in [5.41, 5.74) is 2.20. The van der Waals surface area contributed by atoms with Gasteiger partial charge >= 0.3 is 0 Å². The van der Waals surface area contributed by atoms with Crippen LogP contribution in [-0.2, 0) is 12.0 Å². The number of nitrogens with one attached hydrogen (secondary N) is 3. The summed E-state index contributed by atoms with van der Waals surface area (Å²) in [7, 11) is 1.78. The summed E-state index contributed by atoms with van der Waals surface area (Å²) in [5.74, 6) is 1.65. The zero-order valence-electron chi connectivity index (χ0n) is 15.8.